The molecule has 1 amide bonds. The van der Waals surface area contributed by atoms with Crippen molar-refractivity contribution in [2.75, 3.05) is 32.5 Å². The number of nitrogens with one attached hydrogen (secondary N) is 2. The van der Waals surface area contributed by atoms with Gasteiger partial charge in [0.25, 0.3) is 5.91 Å². The number of nitrogens with zero attached hydrogens (tertiary/aromatic N) is 2. The molecule has 2 heterocycles. The van der Waals surface area contributed by atoms with Crippen LogP contribution in [0.2, 0.25) is 0 Å². The van der Waals surface area contributed by atoms with E-state index < -0.39 is 0 Å². The van der Waals surface area contributed by atoms with Crippen molar-refractivity contribution in [3.8, 4) is 0 Å². The summed E-state index contributed by atoms with van der Waals surface area (Å²) in [4.78, 5) is 18.3. The summed E-state index contributed by atoms with van der Waals surface area (Å²) in [6.45, 7) is 2.17. The van der Waals surface area contributed by atoms with E-state index >= 15 is 0 Å². The van der Waals surface area contributed by atoms with Gasteiger partial charge in [0.2, 0.25) is 0 Å². The van der Waals surface area contributed by atoms with Crippen LogP contribution in [-0.2, 0) is 0 Å². The van der Waals surface area contributed by atoms with Crippen LogP contribution in [0.5, 0.6) is 0 Å². The molecule has 5 heteroatoms. The quantitative estimate of drug-likeness (QED) is 0.836. The van der Waals surface area contributed by atoms with Crippen molar-refractivity contribution in [3.05, 3.63) is 23.9 Å². The topological polar surface area (TPSA) is 57.3 Å². The summed E-state index contributed by atoms with van der Waals surface area (Å²) in [5.74, 6) is 0.588. The number of likely N-dealkylation sites (tertiary alicyclic amines) is 1. The van der Waals surface area contributed by atoms with Gasteiger partial charge in [-0.25, -0.2) is 4.98 Å². The monoisotopic (exact) mass is 248 g/mol. The molecule has 18 heavy (non-hydrogen) atoms. The highest BCUT2D eigenvalue weighted by atomic mass is 16.1. The van der Waals surface area contributed by atoms with E-state index in [9.17, 15) is 4.79 Å². The molecule has 0 spiro atoms. The molecule has 0 atom stereocenters. The highest BCUT2D eigenvalue weighted by Gasteiger charge is 2.19. The molecule has 1 aliphatic heterocycles. The van der Waals surface area contributed by atoms with E-state index in [0.29, 0.717) is 17.4 Å². The van der Waals surface area contributed by atoms with Crippen LogP contribution in [0.4, 0.5) is 5.82 Å². The van der Waals surface area contributed by atoms with Crippen LogP contribution in [0, 0.1) is 0 Å². The lowest BCUT2D eigenvalue weighted by atomic mass is 10.1. The lowest BCUT2D eigenvalue weighted by Crippen LogP contribution is -2.37. The fraction of sp³-hybridized carbons (Fsp3) is 0.538. The van der Waals surface area contributed by atoms with Gasteiger partial charge in [-0.15, -0.1) is 0 Å². The summed E-state index contributed by atoms with van der Waals surface area (Å²) in [6, 6.07) is 3.98. The lowest BCUT2D eigenvalue weighted by Gasteiger charge is -2.30. The fourth-order valence-corrected chi connectivity index (χ4v) is 2.18. The van der Waals surface area contributed by atoms with Gasteiger partial charge in [-0.2, -0.15) is 0 Å². The second kappa shape index (κ2) is 5.82. The molecule has 0 bridgehead atoms. The van der Waals surface area contributed by atoms with Gasteiger partial charge in [0.05, 0.1) is 5.56 Å². The number of pyridine rings is 1. The first-order valence-electron chi connectivity index (χ1n) is 6.33. The van der Waals surface area contributed by atoms with Crippen LogP contribution in [-0.4, -0.2) is 49.0 Å². The van der Waals surface area contributed by atoms with Gasteiger partial charge in [0.15, 0.2) is 0 Å². The Hall–Kier alpha value is -1.62. The lowest BCUT2D eigenvalue weighted by molar-refractivity contribution is 0.0963. The predicted octanol–water partition coefficient (Wildman–Crippen LogP) is 0.947. The Morgan fingerprint density at radius 1 is 1.44 bits per heavy atom. The van der Waals surface area contributed by atoms with Gasteiger partial charge >= 0.3 is 0 Å². The van der Waals surface area contributed by atoms with Crippen molar-refractivity contribution >= 4 is 11.7 Å². The molecular formula is C13H20N4O. The molecule has 1 aromatic heterocycles. The third-order valence-electron chi connectivity index (χ3n) is 3.34. The zero-order chi connectivity index (χ0) is 13.0. The second-order valence-electron chi connectivity index (χ2n) is 4.70. The third-order valence-corrected chi connectivity index (χ3v) is 3.34. The predicted molar refractivity (Wildman–Crippen MR) is 71.8 cm³/mol. The molecule has 0 radical (unpaired) electrons. The van der Waals surface area contributed by atoms with E-state index in [1.54, 1.807) is 25.4 Å². The molecule has 1 aromatic rings. The standard InChI is InChI=1S/C13H20N4O/c1-14-13(18)11-4-3-7-15-12(11)16-10-5-8-17(2)9-6-10/h3-4,7,10H,5-6,8-9H2,1-2H3,(H,14,18)(H,15,16). The van der Waals surface area contributed by atoms with Gasteiger partial charge in [0, 0.05) is 19.3 Å². The summed E-state index contributed by atoms with van der Waals surface area (Å²) >= 11 is 0. The average molecular weight is 248 g/mol. The third kappa shape index (κ3) is 2.98. The SMILES string of the molecule is CNC(=O)c1cccnc1NC1CCN(C)CC1. The van der Waals surface area contributed by atoms with Gasteiger partial charge in [-0.1, -0.05) is 0 Å². The summed E-state index contributed by atoms with van der Waals surface area (Å²) < 4.78 is 0. The molecule has 0 unspecified atom stereocenters. The highest BCUT2D eigenvalue weighted by Crippen LogP contribution is 2.17. The Morgan fingerprint density at radius 3 is 2.83 bits per heavy atom. The van der Waals surface area contributed by atoms with Crippen molar-refractivity contribution < 1.29 is 4.79 Å². The molecule has 5 nitrogen and oxygen atoms in total. The first-order chi connectivity index (χ1) is 8.70. The van der Waals surface area contributed by atoms with Gasteiger partial charge in [-0.05, 0) is 45.1 Å². The summed E-state index contributed by atoms with van der Waals surface area (Å²) in [5, 5.41) is 6.03. The maximum atomic E-state index is 11.7. The Kier molecular flexibility index (Phi) is 4.15. The Morgan fingerprint density at radius 2 is 2.17 bits per heavy atom. The largest absolute Gasteiger partial charge is 0.367 e. The van der Waals surface area contributed by atoms with Gasteiger partial charge in [-0.3, -0.25) is 4.79 Å². The van der Waals surface area contributed by atoms with Crippen LogP contribution >= 0.6 is 0 Å². The normalized spacial score (nSPS) is 17.4. The molecule has 1 aliphatic rings. The first kappa shape index (κ1) is 12.8. The van der Waals surface area contributed by atoms with Crippen molar-refractivity contribution in [2.45, 2.75) is 18.9 Å². The second-order valence-corrected chi connectivity index (χ2v) is 4.70. The van der Waals surface area contributed by atoms with Crippen molar-refractivity contribution in [1.29, 1.82) is 0 Å². The Labute approximate surface area is 108 Å². The smallest absolute Gasteiger partial charge is 0.254 e. The number of carbonyl (C=O) groups excluding carboxylic acids is 1. The Balaban J connectivity index is 2.07. The van der Waals surface area contributed by atoms with Crippen molar-refractivity contribution in [1.82, 2.24) is 15.2 Å². The van der Waals surface area contributed by atoms with Crippen LogP contribution < -0.4 is 10.6 Å². The maximum Gasteiger partial charge on any atom is 0.254 e. The molecular weight excluding hydrogens is 228 g/mol. The number of anilines is 1. The van der Waals surface area contributed by atoms with E-state index in [2.05, 4.69) is 27.6 Å². The molecule has 1 saturated heterocycles. The van der Waals surface area contributed by atoms with Gasteiger partial charge < -0.3 is 15.5 Å². The summed E-state index contributed by atoms with van der Waals surface area (Å²) in [6.07, 6.45) is 3.88. The highest BCUT2D eigenvalue weighted by molar-refractivity contribution is 5.98. The fourth-order valence-electron chi connectivity index (χ4n) is 2.18. The number of hydrogen-bond donors (Lipinski definition) is 2. The van der Waals surface area contributed by atoms with Crippen LogP contribution in [0.25, 0.3) is 0 Å². The van der Waals surface area contributed by atoms with Crippen molar-refractivity contribution in [3.63, 3.8) is 0 Å². The van der Waals surface area contributed by atoms with Crippen LogP contribution in [0.15, 0.2) is 18.3 Å². The minimum absolute atomic E-state index is 0.0986. The van der Waals surface area contributed by atoms with Crippen molar-refractivity contribution in [2.24, 2.45) is 0 Å². The summed E-state index contributed by atoms with van der Waals surface area (Å²) in [7, 11) is 3.77. The Bertz CT molecular complexity index is 413. The number of aromatic nitrogens is 1. The molecule has 0 aliphatic carbocycles. The minimum atomic E-state index is -0.0986. The minimum Gasteiger partial charge on any atom is -0.367 e. The number of piperidine rings is 1. The molecule has 2 rings (SSSR count). The number of rotatable bonds is 3. The van der Waals surface area contributed by atoms with E-state index in [0.717, 1.165) is 25.9 Å². The molecule has 2 N–H and O–H groups in total. The zero-order valence-electron chi connectivity index (χ0n) is 10.9. The number of carbonyl (C=O) groups is 1. The number of hydrogen-bond acceptors (Lipinski definition) is 4. The number of amides is 1. The van der Waals surface area contributed by atoms with Crippen LogP contribution in [0.1, 0.15) is 23.2 Å². The van der Waals surface area contributed by atoms with E-state index in [4.69, 9.17) is 0 Å². The van der Waals surface area contributed by atoms with E-state index in [-0.39, 0.29) is 5.91 Å². The van der Waals surface area contributed by atoms with Gasteiger partial charge in [0.1, 0.15) is 5.82 Å². The van der Waals surface area contributed by atoms with E-state index in [1.807, 2.05) is 0 Å². The van der Waals surface area contributed by atoms with Crippen LogP contribution in [0.3, 0.4) is 0 Å². The molecule has 1 fully saturated rings. The average Bonchev–Trinajstić information content (AvgIpc) is 2.41. The zero-order valence-corrected chi connectivity index (χ0v) is 10.9. The first-order valence-corrected chi connectivity index (χ1v) is 6.33. The maximum absolute atomic E-state index is 11.7. The molecule has 0 saturated carbocycles. The molecule has 0 aromatic carbocycles. The van der Waals surface area contributed by atoms with E-state index in [1.165, 1.54) is 0 Å². The summed E-state index contributed by atoms with van der Waals surface area (Å²) in [5.41, 5.74) is 0.610. The molecule has 98 valence electrons.